The Bertz CT molecular complexity index is 2190. The largest absolute Gasteiger partial charge is 0.507 e. The van der Waals surface area contributed by atoms with Crippen LogP contribution in [0.2, 0.25) is 0 Å². The molecule has 2 fully saturated rings. The zero-order chi connectivity index (χ0) is 37.6. The molecule has 4 heterocycles. The highest BCUT2D eigenvalue weighted by Gasteiger charge is 2.31. The summed E-state index contributed by atoms with van der Waals surface area (Å²) in [7, 11) is 1.73. The average Bonchev–Trinajstić information content (AvgIpc) is 3.42. The van der Waals surface area contributed by atoms with Crippen LogP contribution in [0, 0.1) is 0 Å². The minimum absolute atomic E-state index is 0.164. The van der Waals surface area contributed by atoms with Crippen LogP contribution in [0.1, 0.15) is 62.1 Å². The van der Waals surface area contributed by atoms with Gasteiger partial charge in [-0.05, 0) is 79.3 Å². The van der Waals surface area contributed by atoms with Crippen LogP contribution in [0.15, 0.2) is 77.6 Å². The van der Waals surface area contributed by atoms with Crippen LogP contribution < -0.4 is 26.4 Å². The van der Waals surface area contributed by atoms with Gasteiger partial charge >= 0.3 is 5.69 Å². The number of rotatable bonds is 14. The van der Waals surface area contributed by atoms with Gasteiger partial charge in [0.25, 0.3) is 0 Å². The predicted octanol–water partition coefficient (Wildman–Crippen LogP) is 4.96. The Morgan fingerprint density at radius 1 is 0.852 bits per heavy atom. The molecule has 282 valence electrons. The van der Waals surface area contributed by atoms with Crippen LogP contribution >= 0.6 is 0 Å². The van der Waals surface area contributed by atoms with E-state index in [1.807, 2.05) is 42.5 Å². The number of imidazole rings is 1. The first kappa shape index (κ1) is 36.7. The quantitative estimate of drug-likeness (QED) is 0.105. The lowest BCUT2D eigenvalue weighted by Gasteiger charge is -2.36. The number of aromatic nitrogens is 4. The Labute approximate surface area is 314 Å². The van der Waals surface area contributed by atoms with E-state index in [1.54, 1.807) is 23.7 Å². The molecule has 2 amide bonds. The number of phenolic OH excluding ortho intramolecular Hbond substituents is 1. The van der Waals surface area contributed by atoms with Crippen molar-refractivity contribution in [2.75, 3.05) is 43.4 Å². The van der Waals surface area contributed by atoms with Gasteiger partial charge in [0.05, 0.1) is 29.0 Å². The van der Waals surface area contributed by atoms with E-state index >= 15 is 0 Å². The summed E-state index contributed by atoms with van der Waals surface area (Å²) in [6, 6.07) is 22.7. The van der Waals surface area contributed by atoms with Crippen molar-refractivity contribution >= 4 is 34.4 Å². The van der Waals surface area contributed by atoms with Crippen molar-refractivity contribution in [1.82, 2.24) is 29.5 Å². The van der Waals surface area contributed by atoms with Gasteiger partial charge in [0, 0.05) is 51.8 Å². The molecule has 0 aliphatic carbocycles. The van der Waals surface area contributed by atoms with Crippen molar-refractivity contribution in [1.29, 1.82) is 0 Å². The molecule has 1 unspecified atom stereocenters. The van der Waals surface area contributed by atoms with E-state index in [4.69, 9.17) is 10.5 Å². The second kappa shape index (κ2) is 16.5. The van der Waals surface area contributed by atoms with E-state index in [2.05, 4.69) is 43.5 Å². The summed E-state index contributed by atoms with van der Waals surface area (Å²) in [6.45, 7) is 4.90. The number of piperazine rings is 1. The number of unbranched alkanes of at least 4 members (excludes halogenated alkanes) is 4. The number of ether oxygens (including phenoxy) is 1. The third kappa shape index (κ3) is 8.26. The summed E-state index contributed by atoms with van der Waals surface area (Å²) in [5.74, 6) is 0.739. The number of nitrogen functional groups attached to an aromatic ring is 1. The summed E-state index contributed by atoms with van der Waals surface area (Å²) >= 11 is 0. The molecule has 0 spiro atoms. The fourth-order valence-electron chi connectivity index (χ4n) is 7.55. The molecule has 0 radical (unpaired) electrons. The van der Waals surface area contributed by atoms with Crippen LogP contribution in [-0.2, 0) is 29.6 Å². The number of imide groups is 1. The average molecular weight is 733 g/mol. The molecule has 5 aromatic rings. The first-order chi connectivity index (χ1) is 26.2. The van der Waals surface area contributed by atoms with Gasteiger partial charge in [-0.2, -0.15) is 0 Å². The normalized spacial score (nSPS) is 16.5. The molecule has 13 nitrogen and oxygen atoms in total. The lowest BCUT2D eigenvalue weighted by atomic mass is 10.0. The number of aromatic hydroxyl groups is 1. The van der Waals surface area contributed by atoms with Crippen molar-refractivity contribution in [3.8, 4) is 22.8 Å². The molecular weight excluding hydrogens is 685 g/mol. The number of fused-ring (bicyclic) bond motifs is 1. The van der Waals surface area contributed by atoms with E-state index in [0.717, 1.165) is 93.7 Å². The molecule has 13 heteroatoms. The van der Waals surface area contributed by atoms with E-state index in [0.29, 0.717) is 30.1 Å². The van der Waals surface area contributed by atoms with Gasteiger partial charge in [-0.25, -0.2) is 4.79 Å². The van der Waals surface area contributed by atoms with Crippen molar-refractivity contribution < 1.29 is 19.4 Å². The summed E-state index contributed by atoms with van der Waals surface area (Å²) in [6.07, 6.45) is 6.85. The standard InChI is InChI=1S/C41H48N8O5/c1-46-35-25-28(15-16-33(35)49(41(46)53)34-17-18-38(51)43-40(34)52)10-5-3-2-4-8-23-54-30-12-9-11-29(24-30)27-47-19-21-48(22-20-47)36-26-32(44-45-39(36)42)31-13-6-7-14-37(31)50/h6-7,9,11-16,24-26,34,50H,2-5,8,10,17-23,27H2,1H3,(H2,42,45)(H,43,51,52). The lowest BCUT2D eigenvalue weighted by molar-refractivity contribution is -0.135. The molecule has 0 bridgehead atoms. The van der Waals surface area contributed by atoms with Crippen molar-refractivity contribution in [3.63, 3.8) is 0 Å². The number of nitrogens with one attached hydrogen (secondary N) is 1. The Kier molecular flexibility index (Phi) is 11.2. The van der Waals surface area contributed by atoms with Gasteiger partial charge in [-0.1, -0.05) is 49.6 Å². The Morgan fingerprint density at radius 3 is 2.46 bits per heavy atom. The second-order valence-electron chi connectivity index (χ2n) is 14.3. The molecule has 2 aromatic heterocycles. The van der Waals surface area contributed by atoms with Crippen LogP contribution in [0.4, 0.5) is 11.5 Å². The smallest absolute Gasteiger partial charge is 0.329 e. The molecule has 7 rings (SSSR count). The zero-order valence-electron chi connectivity index (χ0n) is 30.7. The maximum Gasteiger partial charge on any atom is 0.329 e. The number of amides is 2. The van der Waals surface area contributed by atoms with Crippen LogP contribution in [0.5, 0.6) is 11.5 Å². The van der Waals surface area contributed by atoms with Gasteiger partial charge in [0.2, 0.25) is 11.8 Å². The monoisotopic (exact) mass is 732 g/mol. The van der Waals surface area contributed by atoms with Crippen molar-refractivity contribution in [2.45, 2.75) is 64.0 Å². The van der Waals surface area contributed by atoms with Gasteiger partial charge in [-0.15, -0.1) is 10.2 Å². The Hall–Kier alpha value is -5.69. The fraction of sp³-hybridized carbons (Fsp3) is 0.390. The topological polar surface area (TPSA) is 161 Å². The minimum atomic E-state index is -0.670. The number of nitrogens with two attached hydrogens (primary N) is 1. The summed E-state index contributed by atoms with van der Waals surface area (Å²) in [4.78, 5) is 41.8. The molecule has 54 heavy (non-hydrogen) atoms. The molecule has 0 saturated carbocycles. The molecule has 2 aliphatic rings. The highest BCUT2D eigenvalue weighted by atomic mass is 16.5. The van der Waals surface area contributed by atoms with Gasteiger partial charge in [0.1, 0.15) is 17.5 Å². The molecular formula is C41H48N8O5. The maximum absolute atomic E-state index is 13.0. The number of phenols is 1. The second-order valence-corrected chi connectivity index (χ2v) is 14.3. The zero-order valence-corrected chi connectivity index (χ0v) is 30.7. The summed E-state index contributed by atoms with van der Waals surface area (Å²) in [5, 5.41) is 21.0. The van der Waals surface area contributed by atoms with Crippen LogP contribution in [-0.4, -0.2) is 73.9 Å². The lowest BCUT2D eigenvalue weighted by Crippen LogP contribution is -2.46. The molecule has 3 aromatic carbocycles. The first-order valence-electron chi connectivity index (χ1n) is 18.9. The fourth-order valence-corrected chi connectivity index (χ4v) is 7.55. The van der Waals surface area contributed by atoms with E-state index in [9.17, 15) is 19.5 Å². The van der Waals surface area contributed by atoms with Gasteiger partial charge < -0.3 is 20.5 Å². The van der Waals surface area contributed by atoms with Crippen molar-refractivity contribution in [3.05, 3.63) is 94.4 Å². The third-order valence-electron chi connectivity index (χ3n) is 10.6. The minimum Gasteiger partial charge on any atom is -0.507 e. The number of anilines is 2. The number of piperidine rings is 1. The predicted molar refractivity (Wildman–Crippen MR) is 208 cm³/mol. The van der Waals surface area contributed by atoms with E-state index < -0.39 is 11.9 Å². The number of para-hydroxylation sites is 1. The Morgan fingerprint density at radius 2 is 1.65 bits per heavy atom. The van der Waals surface area contributed by atoms with Crippen LogP contribution in [0.3, 0.4) is 0 Å². The summed E-state index contributed by atoms with van der Waals surface area (Å²) in [5.41, 5.74) is 12.0. The summed E-state index contributed by atoms with van der Waals surface area (Å²) < 4.78 is 9.25. The highest BCUT2D eigenvalue weighted by molar-refractivity contribution is 6.00. The molecule has 2 saturated heterocycles. The van der Waals surface area contributed by atoms with E-state index in [-0.39, 0.29) is 23.8 Å². The Balaban J connectivity index is 0.814. The maximum atomic E-state index is 13.0. The number of benzene rings is 3. The van der Waals surface area contributed by atoms with Crippen LogP contribution in [0.25, 0.3) is 22.3 Å². The van der Waals surface area contributed by atoms with Crippen molar-refractivity contribution in [2.24, 2.45) is 7.05 Å². The molecule has 4 N–H and O–H groups in total. The number of nitrogens with zero attached hydrogens (tertiary/aromatic N) is 6. The SMILES string of the molecule is Cn1c(=O)n(C2CCC(=O)NC2=O)c2ccc(CCCCCCCOc3cccc(CN4CCN(c5cc(-c6ccccc6O)nnc5N)CC4)c3)cc21. The molecule has 1 atom stereocenters. The number of carbonyl (C=O) groups excluding carboxylic acids is 2. The number of aryl methyl sites for hydroxylation is 2. The van der Waals surface area contributed by atoms with Gasteiger partial charge in [0.15, 0.2) is 5.82 Å². The van der Waals surface area contributed by atoms with E-state index in [1.165, 1.54) is 15.7 Å². The molecule has 2 aliphatic heterocycles. The van der Waals surface area contributed by atoms with Gasteiger partial charge in [-0.3, -0.25) is 28.9 Å². The third-order valence-corrected chi connectivity index (χ3v) is 10.6. The first-order valence-corrected chi connectivity index (χ1v) is 18.9. The highest BCUT2D eigenvalue weighted by Crippen LogP contribution is 2.32. The number of hydrogen-bond donors (Lipinski definition) is 3. The number of carbonyl (C=O) groups is 2. The number of hydrogen-bond acceptors (Lipinski definition) is 10.